The Morgan fingerprint density at radius 1 is 1.03 bits per heavy atom. The van der Waals surface area contributed by atoms with Gasteiger partial charge in [-0.1, -0.05) is 48.5 Å². The van der Waals surface area contributed by atoms with Gasteiger partial charge in [-0.3, -0.25) is 14.5 Å². The van der Waals surface area contributed by atoms with Crippen LogP contribution in [0.2, 0.25) is 0 Å². The number of benzene rings is 3. The maximum Gasteiger partial charge on any atom is 0.328 e. The molecule has 0 spiro atoms. The molecule has 6 nitrogen and oxygen atoms in total. The predicted molar refractivity (Wildman–Crippen MR) is 114 cm³/mol. The summed E-state index contributed by atoms with van der Waals surface area (Å²) in [5.41, 5.74) is 2.06. The number of esters is 1. The Labute approximate surface area is 174 Å². The number of rotatable bonds is 4. The quantitative estimate of drug-likeness (QED) is 0.681. The van der Waals surface area contributed by atoms with Gasteiger partial charge in [0.05, 0.1) is 7.11 Å². The van der Waals surface area contributed by atoms with Crippen molar-refractivity contribution in [2.75, 3.05) is 12.0 Å². The standard InChI is InChI=1S/C24H22N2O4/c1-15(24(29)30-2)26-21-13-12-16-8-6-7-11-18(16)19(21)14-20(23(26)28)25-22(27)17-9-4-3-5-10-17/h3-13,15,20H,14H2,1-2H3,(H,25,27)/t15-,20-/m0/s1. The van der Waals surface area contributed by atoms with Gasteiger partial charge in [0, 0.05) is 17.7 Å². The normalized spacial score (nSPS) is 16.7. The van der Waals surface area contributed by atoms with E-state index in [1.54, 1.807) is 31.2 Å². The van der Waals surface area contributed by atoms with Crippen molar-refractivity contribution in [3.05, 3.63) is 77.9 Å². The molecule has 3 aromatic carbocycles. The third-order valence-corrected chi connectivity index (χ3v) is 5.49. The highest BCUT2D eigenvalue weighted by Crippen LogP contribution is 2.35. The Balaban J connectivity index is 1.77. The minimum absolute atomic E-state index is 0.330. The molecule has 0 aliphatic carbocycles. The van der Waals surface area contributed by atoms with Crippen LogP contribution in [-0.2, 0) is 20.7 Å². The van der Waals surface area contributed by atoms with E-state index < -0.39 is 18.1 Å². The van der Waals surface area contributed by atoms with Crippen LogP contribution in [0.5, 0.6) is 0 Å². The monoisotopic (exact) mass is 402 g/mol. The van der Waals surface area contributed by atoms with Crippen LogP contribution in [0, 0.1) is 0 Å². The van der Waals surface area contributed by atoms with Crippen LogP contribution >= 0.6 is 0 Å². The number of hydrogen-bond acceptors (Lipinski definition) is 4. The molecule has 1 heterocycles. The lowest BCUT2D eigenvalue weighted by Crippen LogP contribution is -2.57. The Bertz CT molecular complexity index is 1130. The molecule has 4 rings (SSSR count). The summed E-state index contributed by atoms with van der Waals surface area (Å²) < 4.78 is 4.88. The summed E-state index contributed by atoms with van der Waals surface area (Å²) in [6, 6.07) is 18.8. The summed E-state index contributed by atoms with van der Waals surface area (Å²) in [5.74, 6) is -1.18. The highest BCUT2D eigenvalue weighted by molar-refractivity contribution is 6.09. The summed E-state index contributed by atoms with van der Waals surface area (Å²) in [7, 11) is 1.29. The van der Waals surface area contributed by atoms with Crippen LogP contribution in [0.3, 0.4) is 0 Å². The van der Waals surface area contributed by atoms with Gasteiger partial charge >= 0.3 is 5.97 Å². The molecule has 0 fully saturated rings. The first kappa shape index (κ1) is 19.6. The molecule has 2 atom stereocenters. The van der Waals surface area contributed by atoms with Crippen LogP contribution in [-0.4, -0.2) is 37.0 Å². The van der Waals surface area contributed by atoms with Crippen molar-refractivity contribution in [3.63, 3.8) is 0 Å². The lowest BCUT2D eigenvalue weighted by molar-refractivity contribution is -0.143. The van der Waals surface area contributed by atoms with Gasteiger partial charge in [0.2, 0.25) is 0 Å². The van der Waals surface area contributed by atoms with Gasteiger partial charge in [0.25, 0.3) is 11.8 Å². The highest BCUT2D eigenvalue weighted by atomic mass is 16.5. The second kappa shape index (κ2) is 7.99. The zero-order valence-corrected chi connectivity index (χ0v) is 16.8. The molecule has 30 heavy (non-hydrogen) atoms. The molecule has 0 radical (unpaired) electrons. The van der Waals surface area contributed by atoms with Gasteiger partial charge in [0.1, 0.15) is 12.1 Å². The first-order valence-electron chi connectivity index (χ1n) is 9.78. The number of anilines is 1. The molecule has 0 saturated carbocycles. The van der Waals surface area contributed by atoms with E-state index in [-0.39, 0.29) is 11.8 Å². The lowest BCUT2D eigenvalue weighted by atomic mass is 9.91. The fraction of sp³-hybridized carbons (Fsp3) is 0.208. The predicted octanol–water partition coefficient (Wildman–Crippen LogP) is 3.09. The van der Waals surface area contributed by atoms with Crippen LogP contribution < -0.4 is 10.2 Å². The zero-order chi connectivity index (χ0) is 21.3. The second-order valence-corrected chi connectivity index (χ2v) is 7.29. The molecule has 2 amide bonds. The van der Waals surface area contributed by atoms with Crippen LogP contribution in [0.1, 0.15) is 22.8 Å². The topological polar surface area (TPSA) is 75.7 Å². The minimum Gasteiger partial charge on any atom is -0.467 e. The van der Waals surface area contributed by atoms with Crippen molar-refractivity contribution in [3.8, 4) is 0 Å². The molecule has 0 saturated heterocycles. The molecule has 0 aromatic heterocycles. The van der Waals surface area contributed by atoms with Crippen molar-refractivity contribution in [1.82, 2.24) is 5.32 Å². The summed E-state index contributed by atoms with van der Waals surface area (Å²) in [4.78, 5) is 39.8. The van der Waals surface area contributed by atoms with E-state index in [0.717, 1.165) is 16.3 Å². The number of carbonyl (C=O) groups is 3. The molecular formula is C24H22N2O4. The average Bonchev–Trinajstić information content (AvgIpc) is 2.79. The fourth-order valence-corrected chi connectivity index (χ4v) is 3.96. The molecule has 3 aromatic rings. The molecule has 0 unspecified atom stereocenters. The third kappa shape index (κ3) is 3.41. The summed E-state index contributed by atoms with van der Waals surface area (Å²) in [6.45, 7) is 1.63. The van der Waals surface area contributed by atoms with E-state index in [4.69, 9.17) is 4.74 Å². The van der Waals surface area contributed by atoms with Crippen molar-refractivity contribution in [2.45, 2.75) is 25.4 Å². The molecule has 1 aliphatic rings. The smallest absolute Gasteiger partial charge is 0.328 e. The molecule has 0 bridgehead atoms. The van der Waals surface area contributed by atoms with Gasteiger partial charge in [0.15, 0.2) is 0 Å². The van der Waals surface area contributed by atoms with E-state index in [0.29, 0.717) is 17.7 Å². The largest absolute Gasteiger partial charge is 0.467 e. The number of ether oxygens (including phenoxy) is 1. The van der Waals surface area contributed by atoms with Crippen LogP contribution in [0.4, 0.5) is 5.69 Å². The number of nitrogens with one attached hydrogen (secondary N) is 1. The summed E-state index contributed by atoms with van der Waals surface area (Å²) in [6.07, 6.45) is 0.346. The lowest BCUT2D eigenvalue weighted by Gasteiger charge is -2.37. The number of nitrogens with zero attached hydrogens (tertiary/aromatic N) is 1. The SMILES string of the molecule is COC(=O)[C@H](C)N1C(=O)[C@@H](NC(=O)c2ccccc2)Cc2c1ccc1ccccc21. The number of methoxy groups -OCH3 is 1. The van der Waals surface area contributed by atoms with Gasteiger partial charge < -0.3 is 10.1 Å². The summed E-state index contributed by atoms with van der Waals surface area (Å²) >= 11 is 0. The maximum atomic E-state index is 13.4. The average molecular weight is 402 g/mol. The van der Waals surface area contributed by atoms with Crippen molar-refractivity contribution < 1.29 is 19.1 Å². The molecular weight excluding hydrogens is 380 g/mol. The first-order chi connectivity index (χ1) is 14.5. The maximum absolute atomic E-state index is 13.4. The van der Waals surface area contributed by atoms with Gasteiger partial charge in [-0.15, -0.1) is 0 Å². The van der Waals surface area contributed by atoms with Gasteiger partial charge in [-0.05, 0) is 41.5 Å². The number of hydrogen-bond donors (Lipinski definition) is 1. The number of fused-ring (bicyclic) bond motifs is 3. The number of carbonyl (C=O) groups excluding carboxylic acids is 3. The Kier molecular flexibility index (Phi) is 5.23. The van der Waals surface area contributed by atoms with E-state index in [1.165, 1.54) is 12.0 Å². The van der Waals surface area contributed by atoms with E-state index in [1.807, 2.05) is 42.5 Å². The first-order valence-corrected chi connectivity index (χ1v) is 9.78. The summed E-state index contributed by atoms with van der Waals surface area (Å²) in [5, 5.41) is 4.87. The van der Waals surface area contributed by atoms with Crippen molar-refractivity contribution in [1.29, 1.82) is 0 Å². The second-order valence-electron chi connectivity index (χ2n) is 7.29. The van der Waals surface area contributed by atoms with Crippen molar-refractivity contribution in [2.24, 2.45) is 0 Å². The van der Waals surface area contributed by atoms with Crippen LogP contribution in [0.15, 0.2) is 66.7 Å². The number of amides is 2. The Morgan fingerprint density at radius 3 is 2.47 bits per heavy atom. The van der Waals surface area contributed by atoms with Gasteiger partial charge in [-0.25, -0.2) is 4.79 Å². The van der Waals surface area contributed by atoms with E-state index in [2.05, 4.69) is 5.32 Å². The zero-order valence-electron chi connectivity index (χ0n) is 16.8. The molecule has 6 heteroatoms. The van der Waals surface area contributed by atoms with E-state index >= 15 is 0 Å². The van der Waals surface area contributed by atoms with Crippen LogP contribution in [0.25, 0.3) is 10.8 Å². The highest BCUT2D eigenvalue weighted by Gasteiger charge is 2.39. The third-order valence-electron chi connectivity index (χ3n) is 5.49. The Hall–Kier alpha value is -3.67. The molecule has 1 aliphatic heterocycles. The molecule has 1 N–H and O–H groups in total. The molecule has 152 valence electrons. The van der Waals surface area contributed by atoms with Gasteiger partial charge in [-0.2, -0.15) is 0 Å². The fourth-order valence-electron chi connectivity index (χ4n) is 3.96. The van der Waals surface area contributed by atoms with E-state index in [9.17, 15) is 14.4 Å². The Morgan fingerprint density at radius 2 is 1.73 bits per heavy atom. The minimum atomic E-state index is -0.821. The van der Waals surface area contributed by atoms with Crippen molar-refractivity contribution >= 4 is 34.2 Å².